The number of hydrogen-bond donors (Lipinski definition) is 0. The van der Waals surface area contributed by atoms with E-state index in [1.807, 2.05) is 26.0 Å². The lowest BCUT2D eigenvalue weighted by Crippen LogP contribution is -2.14. The summed E-state index contributed by atoms with van der Waals surface area (Å²) >= 11 is 0. The third-order valence-electron chi connectivity index (χ3n) is 4.02. The molecule has 1 aliphatic carbocycles. The van der Waals surface area contributed by atoms with Crippen molar-refractivity contribution in [3.63, 3.8) is 0 Å². The number of rotatable bonds is 8. The Morgan fingerprint density at radius 3 is 2.52 bits per heavy atom. The summed E-state index contributed by atoms with van der Waals surface area (Å²) in [7, 11) is 0. The fourth-order valence-electron chi connectivity index (χ4n) is 2.78. The molecule has 4 heteroatoms. The van der Waals surface area contributed by atoms with Gasteiger partial charge < -0.3 is 9.47 Å². The molecule has 1 aliphatic rings. The molecule has 0 bridgehead atoms. The highest BCUT2D eigenvalue weighted by Crippen LogP contribution is 2.22. The van der Waals surface area contributed by atoms with Crippen LogP contribution in [0.5, 0.6) is 0 Å². The first-order valence-electron chi connectivity index (χ1n) is 8.48. The largest absolute Gasteiger partial charge is 0.463 e. The molecule has 0 amide bonds. The molecule has 1 aromatic carbocycles. The minimum Gasteiger partial charge on any atom is -0.463 e. The van der Waals surface area contributed by atoms with Crippen molar-refractivity contribution in [1.29, 1.82) is 0 Å². The highest BCUT2D eigenvalue weighted by Gasteiger charge is 2.14. The number of hydrogen-bond acceptors (Lipinski definition) is 4. The second-order valence-corrected chi connectivity index (χ2v) is 6.25. The maximum absolute atomic E-state index is 12.2. The number of ketones is 1. The molecule has 0 saturated heterocycles. The minimum atomic E-state index is -0.344. The molecule has 4 nitrogen and oxygen atoms in total. The predicted octanol–water partition coefficient (Wildman–Crippen LogP) is 3.50. The Morgan fingerprint density at radius 2 is 1.78 bits per heavy atom. The molecule has 0 N–H and O–H groups in total. The van der Waals surface area contributed by atoms with Crippen molar-refractivity contribution >= 4 is 11.8 Å². The smallest absolute Gasteiger partial charge is 0.306 e. The third kappa shape index (κ3) is 5.79. The van der Waals surface area contributed by atoms with Gasteiger partial charge >= 0.3 is 5.97 Å². The lowest BCUT2D eigenvalue weighted by atomic mass is 9.89. The normalized spacial score (nSPS) is 13.7. The van der Waals surface area contributed by atoms with Crippen LogP contribution >= 0.6 is 0 Å². The van der Waals surface area contributed by atoms with Gasteiger partial charge in [-0.3, -0.25) is 9.59 Å². The van der Waals surface area contributed by atoms with Crippen molar-refractivity contribution in [2.45, 2.75) is 58.5 Å². The average Bonchev–Trinajstić information content (AvgIpc) is 2.56. The van der Waals surface area contributed by atoms with Crippen molar-refractivity contribution in [2.24, 2.45) is 0 Å². The molecule has 0 saturated carbocycles. The molecule has 0 aliphatic heterocycles. The van der Waals surface area contributed by atoms with E-state index in [4.69, 9.17) is 9.47 Å². The first-order chi connectivity index (χ1) is 11.1. The summed E-state index contributed by atoms with van der Waals surface area (Å²) in [6.45, 7) is 4.49. The minimum absolute atomic E-state index is 0.00811. The number of carbonyl (C=O) groups is 2. The molecule has 0 fully saturated rings. The standard InChI is InChI=1S/C19H26O4/c1-14(2)22-11-12-23-19(21)10-9-18(20)17-8-7-15-5-3-4-6-16(15)13-17/h7-8,13-14H,3-6,9-12H2,1-2H3. The van der Waals surface area contributed by atoms with E-state index in [2.05, 4.69) is 6.07 Å². The first kappa shape index (κ1) is 17.7. The van der Waals surface area contributed by atoms with Crippen LogP contribution in [-0.4, -0.2) is 31.1 Å². The third-order valence-corrected chi connectivity index (χ3v) is 4.02. The molecule has 126 valence electrons. The van der Waals surface area contributed by atoms with Gasteiger partial charge in [0.05, 0.1) is 19.1 Å². The van der Waals surface area contributed by atoms with Gasteiger partial charge in [0.1, 0.15) is 6.61 Å². The Balaban J connectivity index is 1.75. The van der Waals surface area contributed by atoms with Crippen LogP contribution in [0.3, 0.4) is 0 Å². The van der Waals surface area contributed by atoms with E-state index in [0.29, 0.717) is 12.2 Å². The molecular weight excluding hydrogens is 292 g/mol. The molecule has 23 heavy (non-hydrogen) atoms. The van der Waals surface area contributed by atoms with Gasteiger partial charge in [0, 0.05) is 12.0 Å². The highest BCUT2D eigenvalue weighted by atomic mass is 16.6. The fraction of sp³-hybridized carbons (Fsp3) is 0.579. The molecule has 0 radical (unpaired) electrons. The van der Waals surface area contributed by atoms with Crippen LogP contribution < -0.4 is 0 Å². The number of aryl methyl sites for hydroxylation is 2. The Labute approximate surface area is 138 Å². The van der Waals surface area contributed by atoms with Crippen molar-refractivity contribution in [3.05, 3.63) is 34.9 Å². The van der Waals surface area contributed by atoms with Crippen molar-refractivity contribution < 1.29 is 19.1 Å². The van der Waals surface area contributed by atoms with E-state index in [-0.39, 0.29) is 37.3 Å². The summed E-state index contributed by atoms with van der Waals surface area (Å²) < 4.78 is 10.3. The molecule has 1 aromatic rings. The zero-order valence-corrected chi connectivity index (χ0v) is 14.1. The van der Waals surface area contributed by atoms with Crippen LogP contribution in [0.4, 0.5) is 0 Å². The average molecular weight is 318 g/mol. The predicted molar refractivity (Wildman–Crippen MR) is 88.7 cm³/mol. The molecule has 0 aromatic heterocycles. The quantitative estimate of drug-likeness (QED) is 0.418. The van der Waals surface area contributed by atoms with Crippen LogP contribution in [0.2, 0.25) is 0 Å². The lowest BCUT2D eigenvalue weighted by Gasteiger charge is -2.16. The first-order valence-corrected chi connectivity index (χ1v) is 8.48. The maximum atomic E-state index is 12.2. The number of fused-ring (bicyclic) bond motifs is 1. The van der Waals surface area contributed by atoms with E-state index in [1.165, 1.54) is 24.0 Å². The Bertz CT molecular complexity index is 548. The summed E-state index contributed by atoms with van der Waals surface area (Å²) in [4.78, 5) is 23.8. The fourth-order valence-corrected chi connectivity index (χ4v) is 2.78. The highest BCUT2D eigenvalue weighted by molar-refractivity contribution is 5.97. The van der Waals surface area contributed by atoms with E-state index >= 15 is 0 Å². The van der Waals surface area contributed by atoms with Gasteiger partial charge in [-0.1, -0.05) is 12.1 Å². The molecule has 0 heterocycles. The molecular formula is C19H26O4. The molecule has 0 unspecified atom stereocenters. The van der Waals surface area contributed by atoms with Crippen LogP contribution in [0, 0.1) is 0 Å². The van der Waals surface area contributed by atoms with Gasteiger partial charge in [0.15, 0.2) is 5.78 Å². The van der Waals surface area contributed by atoms with Crippen LogP contribution in [-0.2, 0) is 27.1 Å². The van der Waals surface area contributed by atoms with Crippen molar-refractivity contribution in [1.82, 2.24) is 0 Å². The molecule has 0 atom stereocenters. The second kappa shape index (κ2) is 8.82. The van der Waals surface area contributed by atoms with E-state index < -0.39 is 0 Å². The summed E-state index contributed by atoms with van der Waals surface area (Å²) in [5.74, 6) is -0.336. The Morgan fingerprint density at radius 1 is 1.04 bits per heavy atom. The Hall–Kier alpha value is -1.68. The number of esters is 1. The van der Waals surface area contributed by atoms with Gasteiger partial charge in [0.25, 0.3) is 0 Å². The summed E-state index contributed by atoms with van der Waals surface area (Å²) in [6.07, 6.45) is 5.02. The number of ether oxygens (including phenoxy) is 2. The summed E-state index contributed by atoms with van der Waals surface area (Å²) in [6, 6.07) is 5.94. The number of benzene rings is 1. The van der Waals surface area contributed by atoms with Gasteiger partial charge in [-0.05, 0) is 56.7 Å². The SMILES string of the molecule is CC(C)OCCOC(=O)CCC(=O)c1ccc2c(c1)CCCC2. The van der Waals surface area contributed by atoms with Gasteiger partial charge in [-0.2, -0.15) is 0 Å². The summed E-state index contributed by atoms with van der Waals surface area (Å²) in [5, 5.41) is 0. The lowest BCUT2D eigenvalue weighted by molar-refractivity contribution is -0.145. The van der Waals surface area contributed by atoms with Gasteiger partial charge in [-0.15, -0.1) is 0 Å². The van der Waals surface area contributed by atoms with Crippen LogP contribution in [0.1, 0.15) is 61.0 Å². The zero-order chi connectivity index (χ0) is 16.7. The molecule has 0 spiro atoms. The molecule has 2 rings (SSSR count). The zero-order valence-electron chi connectivity index (χ0n) is 14.1. The maximum Gasteiger partial charge on any atom is 0.306 e. The topological polar surface area (TPSA) is 52.6 Å². The number of carbonyl (C=O) groups excluding carboxylic acids is 2. The Kier molecular flexibility index (Phi) is 6.78. The van der Waals surface area contributed by atoms with Crippen molar-refractivity contribution in [2.75, 3.05) is 13.2 Å². The van der Waals surface area contributed by atoms with Crippen LogP contribution in [0.25, 0.3) is 0 Å². The van der Waals surface area contributed by atoms with Crippen LogP contribution in [0.15, 0.2) is 18.2 Å². The monoisotopic (exact) mass is 318 g/mol. The van der Waals surface area contributed by atoms with Gasteiger partial charge in [-0.25, -0.2) is 0 Å². The van der Waals surface area contributed by atoms with E-state index in [9.17, 15) is 9.59 Å². The van der Waals surface area contributed by atoms with E-state index in [0.717, 1.165) is 12.8 Å². The van der Waals surface area contributed by atoms with Crippen molar-refractivity contribution in [3.8, 4) is 0 Å². The van der Waals surface area contributed by atoms with E-state index in [1.54, 1.807) is 0 Å². The summed E-state index contributed by atoms with van der Waals surface area (Å²) in [5.41, 5.74) is 3.36. The second-order valence-electron chi connectivity index (χ2n) is 6.25. The number of Topliss-reactive ketones (excluding diaryl/α,β-unsaturated/α-hetero) is 1. The van der Waals surface area contributed by atoms with Gasteiger partial charge in [0.2, 0.25) is 0 Å².